The Labute approximate surface area is 115 Å². The van der Waals surface area contributed by atoms with Crippen LogP contribution < -0.4 is 5.43 Å². The summed E-state index contributed by atoms with van der Waals surface area (Å²) < 4.78 is 0. The number of hydrazone groups is 1. The van der Waals surface area contributed by atoms with Gasteiger partial charge in [-0.05, 0) is 42.5 Å². The SMILES string of the molecule is Oc1ccc(Cl)cc1/C=N/Nc1ccc(Cl)cc1. The molecule has 0 atom stereocenters. The molecule has 0 unspecified atom stereocenters. The van der Waals surface area contributed by atoms with Crippen LogP contribution >= 0.6 is 23.2 Å². The Morgan fingerprint density at radius 3 is 2.39 bits per heavy atom. The maximum Gasteiger partial charge on any atom is 0.124 e. The minimum absolute atomic E-state index is 0.126. The Balaban J connectivity index is 2.07. The largest absolute Gasteiger partial charge is 0.507 e. The molecule has 2 aromatic rings. The molecule has 0 spiro atoms. The zero-order valence-electron chi connectivity index (χ0n) is 9.27. The van der Waals surface area contributed by atoms with Crippen LogP contribution in [0.25, 0.3) is 0 Å². The summed E-state index contributed by atoms with van der Waals surface area (Å²) >= 11 is 11.6. The van der Waals surface area contributed by atoms with Crippen LogP contribution in [0.2, 0.25) is 10.0 Å². The van der Waals surface area contributed by atoms with E-state index in [0.29, 0.717) is 15.6 Å². The van der Waals surface area contributed by atoms with Gasteiger partial charge in [0.05, 0.1) is 11.9 Å². The van der Waals surface area contributed by atoms with Gasteiger partial charge in [0.1, 0.15) is 5.75 Å². The minimum atomic E-state index is 0.126. The Kier molecular flexibility index (Phi) is 4.07. The molecule has 0 aliphatic rings. The predicted molar refractivity (Wildman–Crippen MR) is 75.8 cm³/mol. The Morgan fingerprint density at radius 1 is 1.00 bits per heavy atom. The zero-order valence-corrected chi connectivity index (χ0v) is 10.8. The van der Waals surface area contributed by atoms with Gasteiger partial charge in [0, 0.05) is 15.6 Å². The molecule has 0 bridgehead atoms. The van der Waals surface area contributed by atoms with Crippen molar-refractivity contribution < 1.29 is 5.11 Å². The van der Waals surface area contributed by atoms with E-state index in [9.17, 15) is 5.11 Å². The van der Waals surface area contributed by atoms with Crippen molar-refractivity contribution in [2.45, 2.75) is 0 Å². The Bertz CT molecular complexity index is 568. The lowest BCUT2D eigenvalue weighted by molar-refractivity contribution is 0.474. The summed E-state index contributed by atoms with van der Waals surface area (Å²) in [5, 5.41) is 14.8. The van der Waals surface area contributed by atoms with Gasteiger partial charge in [-0.1, -0.05) is 23.2 Å². The average Bonchev–Trinajstić information content (AvgIpc) is 2.36. The molecule has 0 fully saturated rings. The molecule has 0 heterocycles. The molecule has 18 heavy (non-hydrogen) atoms. The molecule has 92 valence electrons. The van der Waals surface area contributed by atoms with Gasteiger partial charge in [-0.15, -0.1) is 0 Å². The summed E-state index contributed by atoms with van der Waals surface area (Å²) in [6.45, 7) is 0. The topological polar surface area (TPSA) is 44.6 Å². The van der Waals surface area contributed by atoms with Crippen LogP contribution in [-0.4, -0.2) is 11.3 Å². The van der Waals surface area contributed by atoms with Crippen molar-refractivity contribution in [1.29, 1.82) is 0 Å². The lowest BCUT2D eigenvalue weighted by Crippen LogP contribution is -1.90. The maximum absolute atomic E-state index is 9.57. The predicted octanol–water partition coefficient (Wildman–Crippen LogP) is 4.15. The van der Waals surface area contributed by atoms with E-state index in [1.807, 2.05) is 0 Å². The van der Waals surface area contributed by atoms with Crippen LogP contribution in [0.1, 0.15) is 5.56 Å². The van der Waals surface area contributed by atoms with Gasteiger partial charge >= 0.3 is 0 Å². The number of phenols is 1. The molecule has 2 N–H and O–H groups in total. The van der Waals surface area contributed by atoms with Crippen molar-refractivity contribution in [2.75, 3.05) is 5.43 Å². The highest BCUT2D eigenvalue weighted by Gasteiger charge is 1.98. The molecule has 5 heteroatoms. The molecule has 0 amide bonds. The first-order valence-electron chi connectivity index (χ1n) is 5.18. The fraction of sp³-hybridized carbons (Fsp3) is 0. The number of benzene rings is 2. The van der Waals surface area contributed by atoms with Crippen molar-refractivity contribution in [1.82, 2.24) is 0 Å². The zero-order chi connectivity index (χ0) is 13.0. The number of anilines is 1. The van der Waals surface area contributed by atoms with Gasteiger partial charge < -0.3 is 5.11 Å². The summed E-state index contributed by atoms with van der Waals surface area (Å²) in [6.07, 6.45) is 1.50. The molecular weight excluding hydrogens is 271 g/mol. The lowest BCUT2D eigenvalue weighted by Gasteiger charge is -2.01. The average molecular weight is 281 g/mol. The molecule has 0 aromatic heterocycles. The van der Waals surface area contributed by atoms with Crippen molar-refractivity contribution >= 4 is 35.1 Å². The van der Waals surface area contributed by atoms with Gasteiger partial charge in [0.15, 0.2) is 0 Å². The van der Waals surface area contributed by atoms with Crippen molar-refractivity contribution in [3.05, 3.63) is 58.1 Å². The van der Waals surface area contributed by atoms with E-state index < -0.39 is 0 Å². The van der Waals surface area contributed by atoms with Crippen LogP contribution in [0.3, 0.4) is 0 Å². The number of nitrogens with zero attached hydrogens (tertiary/aromatic N) is 1. The van der Waals surface area contributed by atoms with Crippen LogP contribution in [0.5, 0.6) is 5.75 Å². The van der Waals surface area contributed by atoms with Crippen LogP contribution in [0, 0.1) is 0 Å². The third kappa shape index (κ3) is 3.39. The van der Waals surface area contributed by atoms with Gasteiger partial charge in [-0.2, -0.15) is 5.10 Å². The fourth-order valence-electron chi connectivity index (χ4n) is 1.33. The summed E-state index contributed by atoms with van der Waals surface area (Å²) in [5.74, 6) is 0.126. The first-order valence-corrected chi connectivity index (χ1v) is 5.94. The second-order valence-corrected chi connectivity index (χ2v) is 4.45. The highest BCUT2D eigenvalue weighted by Crippen LogP contribution is 2.19. The summed E-state index contributed by atoms with van der Waals surface area (Å²) in [5.41, 5.74) is 4.17. The number of nitrogens with one attached hydrogen (secondary N) is 1. The van der Waals surface area contributed by atoms with Gasteiger partial charge in [-0.25, -0.2) is 0 Å². The quantitative estimate of drug-likeness (QED) is 0.655. The fourth-order valence-corrected chi connectivity index (χ4v) is 1.64. The second kappa shape index (κ2) is 5.76. The maximum atomic E-state index is 9.57. The van der Waals surface area contributed by atoms with Crippen LogP contribution in [0.15, 0.2) is 47.6 Å². The molecule has 0 aliphatic carbocycles. The number of halogens is 2. The smallest absolute Gasteiger partial charge is 0.124 e. The highest BCUT2D eigenvalue weighted by atomic mass is 35.5. The van der Waals surface area contributed by atoms with E-state index in [0.717, 1.165) is 5.69 Å². The number of aromatic hydroxyl groups is 1. The summed E-state index contributed by atoms with van der Waals surface area (Å²) in [6, 6.07) is 11.9. The standard InChI is InChI=1S/C13H10Cl2N2O/c14-10-1-4-12(5-2-10)17-16-8-9-7-11(15)3-6-13(9)18/h1-8,17-18H/b16-8+. The first-order chi connectivity index (χ1) is 8.65. The molecule has 0 radical (unpaired) electrons. The van der Waals surface area contributed by atoms with E-state index in [-0.39, 0.29) is 5.75 Å². The normalized spacial score (nSPS) is 10.8. The van der Waals surface area contributed by atoms with Gasteiger partial charge in [0.25, 0.3) is 0 Å². The number of rotatable bonds is 3. The van der Waals surface area contributed by atoms with E-state index in [2.05, 4.69) is 10.5 Å². The second-order valence-electron chi connectivity index (χ2n) is 3.58. The molecule has 2 rings (SSSR count). The molecule has 2 aromatic carbocycles. The number of hydrogen-bond acceptors (Lipinski definition) is 3. The van der Waals surface area contributed by atoms with Crippen LogP contribution in [-0.2, 0) is 0 Å². The molecular formula is C13H10Cl2N2O. The number of hydrogen-bond donors (Lipinski definition) is 2. The Hall–Kier alpha value is -1.71. The van der Waals surface area contributed by atoms with E-state index in [4.69, 9.17) is 23.2 Å². The van der Waals surface area contributed by atoms with Gasteiger partial charge in [0.2, 0.25) is 0 Å². The van der Waals surface area contributed by atoms with Crippen molar-refractivity contribution in [3.63, 3.8) is 0 Å². The van der Waals surface area contributed by atoms with E-state index >= 15 is 0 Å². The summed E-state index contributed by atoms with van der Waals surface area (Å²) in [7, 11) is 0. The lowest BCUT2D eigenvalue weighted by atomic mass is 10.2. The third-order valence-corrected chi connectivity index (χ3v) is 2.72. The first kappa shape index (κ1) is 12.7. The van der Waals surface area contributed by atoms with E-state index in [1.54, 1.807) is 36.4 Å². The Morgan fingerprint density at radius 2 is 1.67 bits per heavy atom. The van der Waals surface area contributed by atoms with E-state index in [1.165, 1.54) is 12.3 Å². The minimum Gasteiger partial charge on any atom is -0.507 e. The molecule has 0 saturated heterocycles. The highest BCUT2D eigenvalue weighted by molar-refractivity contribution is 6.31. The third-order valence-electron chi connectivity index (χ3n) is 2.23. The number of phenolic OH excluding ortho intramolecular Hbond substituents is 1. The molecule has 0 aliphatic heterocycles. The monoisotopic (exact) mass is 280 g/mol. The van der Waals surface area contributed by atoms with Crippen molar-refractivity contribution in [2.24, 2.45) is 5.10 Å². The molecule has 3 nitrogen and oxygen atoms in total. The van der Waals surface area contributed by atoms with Crippen molar-refractivity contribution in [3.8, 4) is 5.75 Å². The summed E-state index contributed by atoms with van der Waals surface area (Å²) in [4.78, 5) is 0. The van der Waals surface area contributed by atoms with Crippen LogP contribution in [0.4, 0.5) is 5.69 Å². The molecule has 0 saturated carbocycles. The van der Waals surface area contributed by atoms with Gasteiger partial charge in [-0.3, -0.25) is 5.43 Å².